The molecule has 5 nitrogen and oxygen atoms in total. The molecule has 3 aromatic rings. The van der Waals surface area contributed by atoms with Gasteiger partial charge in [0.15, 0.2) is 0 Å². The van der Waals surface area contributed by atoms with E-state index in [-0.39, 0.29) is 5.56 Å². The van der Waals surface area contributed by atoms with Crippen LogP contribution in [0.4, 0.5) is 0 Å². The number of aromatic amines is 1. The van der Waals surface area contributed by atoms with Crippen molar-refractivity contribution in [2.45, 2.75) is 19.5 Å². The zero-order valence-electron chi connectivity index (χ0n) is 13.6. The molecule has 2 aromatic heterocycles. The number of hydrogen-bond donors (Lipinski definition) is 1. The first kappa shape index (κ1) is 16.2. The van der Waals surface area contributed by atoms with Gasteiger partial charge in [0.2, 0.25) is 0 Å². The third-order valence-electron chi connectivity index (χ3n) is 4.38. The van der Waals surface area contributed by atoms with E-state index >= 15 is 0 Å². The highest BCUT2D eigenvalue weighted by Gasteiger charge is 2.21. The Bertz CT molecular complexity index is 955. The van der Waals surface area contributed by atoms with Crippen LogP contribution in [0.5, 0.6) is 0 Å². The van der Waals surface area contributed by atoms with E-state index in [0.29, 0.717) is 12.4 Å². The van der Waals surface area contributed by atoms with Crippen molar-refractivity contribution < 1.29 is 0 Å². The summed E-state index contributed by atoms with van der Waals surface area (Å²) < 4.78 is 1.07. The number of pyridine rings is 1. The number of halogens is 1. The quantitative estimate of drug-likeness (QED) is 0.738. The molecule has 1 aromatic carbocycles. The van der Waals surface area contributed by atoms with Crippen molar-refractivity contribution in [3.05, 3.63) is 80.4 Å². The molecule has 0 aliphatic carbocycles. The molecule has 0 unspecified atom stereocenters. The smallest absolute Gasteiger partial charge is 0.255 e. The lowest BCUT2D eigenvalue weighted by atomic mass is 10.1. The Hall–Kier alpha value is -2.31. The van der Waals surface area contributed by atoms with Crippen molar-refractivity contribution in [3.63, 3.8) is 0 Å². The zero-order chi connectivity index (χ0) is 17.2. The van der Waals surface area contributed by atoms with Gasteiger partial charge in [-0.05, 0) is 29.8 Å². The predicted octanol–water partition coefficient (Wildman–Crippen LogP) is 3.15. The predicted molar refractivity (Wildman–Crippen MR) is 100 cm³/mol. The average Bonchev–Trinajstić information content (AvgIpc) is 2.63. The summed E-state index contributed by atoms with van der Waals surface area (Å²) in [6.07, 6.45) is 4.20. The topological polar surface area (TPSA) is 61.9 Å². The van der Waals surface area contributed by atoms with Gasteiger partial charge in [-0.1, -0.05) is 28.1 Å². The lowest BCUT2D eigenvalue weighted by molar-refractivity contribution is 0.242. The van der Waals surface area contributed by atoms with E-state index in [0.717, 1.165) is 40.8 Å². The monoisotopic (exact) mass is 396 g/mol. The molecule has 4 rings (SSSR count). The molecule has 0 saturated carbocycles. The van der Waals surface area contributed by atoms with Crippen LogP contribution >= 0.6 is 15.9 Å². The van der Waals surface area contributed by atoms with E-state index in [1.807, 2.05) is 24.3 Å². The number of rotatable bonds is 3. The van der Waals surface area contributed by atoms with Crippen LogP contribution in [0.2, 0.25) is 0 Å². The van der Waals surface area contributed by atoms with Gasteiger partial charge in [0.05, 0.1) is 11.3 Å². The second-order valence-corrected chi connectivity index (χ2v) is 7.09. The maximum atomic E-state index is 12.6. The molecular formula is C19H17BrN4O. The summed E-state index contributed by atoms with van der Waals surface area (Å²) in [6, 6.07) is 12.0. The van der Waals surface area contributed by atoms with Gasteiger partial charge in [0, 0.05) is 48.5 Å². The van der Waals surface area contributed by atoms with Crippen molar-refractivity contribution in [2.24, 2.45) is 0 Å². The molecular weight excluding hydrogens is 380 g/mol. The minimum Gasteiger partial charge on any atom is -0.306 e. The third kappa shape index (κ3) is 3.55. The fourth-order valence-corrected chi connectivity index (χ4v) is 3.60. The third-order valence-corrected chi connectivity index (χ3v) is 4.87. The molecule has 0 atom stereocenters. The van der Waals surface area contributed by atoms with E-state index < -0.39 is 0 Å². The molecule has 0 spiro atoms. The van der Waals surface area contributed by atoms with Crippen LogP contribution in [0.15, 0.2) is 58.1 Å². The van der Waals surface area contributed by atoms with Gasteiger partial charge in [-0.15, -0.1) is 0 Å². The summed E-state index contributed by atoms with van der Waals surface area (Å²) in [5, 5.41) is 0. The number of H-pyrrole nitrogens is 1. The van der Waals surface area contributed by atoms with Crippen LogP contribution in [-0.4, -0.2) is 26.4 Å². The van der Waals surface area contributed by atoms with Gasteiger partial charge in [0.1, 0.15) is 5.82 Å². The molecule has 25 heavy (non-hydrogen) atoms. The van der Waals surface area contributed by atoms with Crippen LogP contribution < -0.4 is 5.56 Å². The van der Waals surface area contributed by atoms with Crippen molar-refractivity contribution in [1.29, 1.82) is 0 Å². The molecule has 1 aliphatic heterocycles. The SMILES string of the molecule is O=c1[nH]c(-c2cccnc2)nc2c1CN(Cc1cccc(Br)c1)CC2. The van der Waals surface area contributed by atoms with Crippen molar-refractivity contribution >= 4 is 15.9 Å². The summed E-state index contributed by atoms with van der Waals surface area (Å²) in [5.74, 6) is 0.595. The second kappa shape index (κ2) is 6.90. The minimum absolute atomic E-state index is 0.0530. The largest absolute Gasteiger partial charge is 0.306 e. The van der Waals surface area contributed by atoms with E-state index in [2.05, 4.69) is 47.9 Å². The highest BCUT2D eigenvalue weighted by molar-refractivity contribution is 9.10. The molecule has 6 heteroatoms. The first-order valence-electron chi connectivity index (χ1n) is 8.18. The number of hydrogen-bond acceptors (Lipinski definition) is 4. The molecule has 1 N–H and O–H groups in total. The van der Waals surface area contributed by atoms with Crippen LogP contribution in [-0.2, 0) is 19.5 Å². The lowest BCUT2D eigenvalue weighted by Gasteiger charge is -2.27. The molecule has 0 amide bonds. The van der Waals surface area contributed by atoms with Gasteiger partial charge in [-0.25, -0.2) is 4.98 Å². The van der Waals surface area contributed by atoms with Gasteiger partial charge >= 0.3 is 0 Å². The standard InChI is InChI=1S/C19H17BrN4O/c20-15-5-1-3-13(9-15)11-24-8-6-17-16(12-24)19(25)23-18(22-17)14-4-2-7-21-10-14/h1-5,7,9-10H,6,8,11-12H2,(H,22,23,25). The van der Waals surface area contributed by atoms with Crippen molar-refractivity contribution in [2.75, 3.05) is 6.54 Å². The van der Waals surface area contributed by atoms with Crippen molar-refractivity contribution in [1.82, 2.24) is 19.9 Å². The fourth-order valence-electron chi connectivity index (χ4n) is 3.15. The molecule has 126 valence electrons. The highest BCUT2D eigenvalue weighted by Crippen LogP contribution is 2.20. The van der Waals surface area contributed by atoms with Gasteiger partial charge < -0.3 is 4.98 Å². The first-order chi connectivity index (χ1) is 12.2. The van der Waals surface area contributed by atoms with Crippen molar-refractivity contribution in [3.8, 4) is 11.4 Å². The number of aromatic nitrogens is 3. The van der Waals surface area contributed by atoms with Crippen LogP contribution in [0, 0.1) is 0 Å². The summed E-state index contributed by atoms with van der Waals surface area (Å²) in [5.41, 5.74) is 3.68. The molecule has 3 heterocycles. The number of nitrogens with zero attached hydrogens (tertiary/aromatic N) is 3. The number of fused-ring (bicyclic) bond motifs is 1. The van der Waals surface area contributed by atoms with E-state index in [1.165, 1.54) is 5.56 Å². The molecule has 1 aliphatic rings. The Morgan fingerprint density at radius 3 is 2.96 bits per heavy atom. The maximum absolute atomic E-state index is 12.6. The van der Waals surface area contributed by atoms with Gasteiger partial charge in [-0.3, -0.25) is 14.7 Å². The average molecular weight is 397 g/mol. The Morgan fingerprint density at radius 2 is 2.16 bits per heavy atom. The van der Waals surface area contributed by atoms with Gasteiger partial charge in [0.25, 0.3) is 5.56 Å². The minimum atomic E-state index is -0.0530. The lowest BCUT2D eigenvalue weighted by Crippen LogP contribution is -2.35. The maximum Gasteiger partial charge on any atom is 0.255 e. The zero-order valence-corrected chi connectivity index (χ0v) is 15.2. The molecule has 0 bridgehead atoms. The molecule has 0 saturated heterocycles. The highest BCUT2D eigenvalue weighted by atomic mass is 79.9. The second-order valence-electron chi connectivity index (χ2n) is 6.17. The van der Waals surface area contributed by atoms with Crippen LogP contribution in [0.3, 0.4) is 0 Å². The van der Waals surface area contributed by atoms with E-state index in [4.69, 9.17) is 0 Å². The fraction of sp³-hybridized carbons (Fsp3) is 0.211. The Kier molecular flexibility index (Phi) is 4.46. The Labute approximate surface area is 153 Å². The number of nitrogens with one attached hydrogen (secondary N) is 1. The summed E-state index contributed by atoms with van der Waals surface area (Å²) in [7, 11) is 0. The van der Waals surface area contributed by atoms with Crippen LogP contribution in [0.1, 0.15) is 16.8 Å². The number of benzene rings is 1. The summed E-state index contributed by atoms with van der Waals surface area (Å²) >= 11 is 3.51. The van der Waals surface area contributed by atoms with E-state index in [9.17, 15) is 4.79 Å². The normalized spacial score (nSPS) is 14.3. The molecule has 0 radical (unpaired) electrons. The van der Waals surface area contributed by atoms with Crippen LogP contribution in [0.25, 0.3) is 11.4 Å². The molecule has 0 fully saturated rings. The van der Waals surface area contributed by atoms with Gasteiger partial charge in [-0.2, -0.15) is 0 Å². The first-order valence-corrected chi connectivity index (χ1v) is 8.97. The van der Waals surface area contributed by atoms with E-state index in [1.54, 1.807) is 12.4 Å². The summed E-state index contributed by atoms with van der Waals surface area (Å²) in [4.78, 5) is 26.5. The summed E-state index contributed by atoms with van der Waals surface area (Å²) in [6.45, 7) is 2.34. The Morgan fingerprint density at radius 1 is 1.24 bits per heavy atom. The Balaban J connectivity index is 1.58.